The van der Waals surface area contributed by atoms with Crippen LogP contribution >= 0.6 is 0 Å². The predicted octanol–water partition coefficient (Wildman–Crippen LogP) is 3.05. The van der Waals surface area contributed by atoms with Crippen molar-refractivity contribution >= 4 is 0 Å². The lowest BCUT2D eigenvalue weighted by molar-refractivity contribution is -0.0498. The Balaban J connectivity index is 2.07. The van der Waals surface area contributed by atoms with Gasteiger partial charge in [0, 0.05) is 12.1 Å². The first-order valence-corrected chi connectivity index (χ1v) is 5.89. The molecule has 0 atom stereocenters. The number of nitrogens with one attached hydrogen (secondary N) is 1. The number of nitrogens with zero attached hydrogens (tertiary/aromatic N) is 1. The summed E-state index contributed by atoms with van der Waals surface area (Å²) in [6.45, 7) is 0.663. The molecule has 0 radical (unpaired) electrons. The lowest BCUT2D eigenvalue weighted by Gasteiger charge is -2.03. The number of hydrogen-bond acceptors (Lipinski definition) is 4. The Bertz CT molecular complexity index is 512. The predicted molar refractivity (Wildman–Crippen MR) is 66.0 cm³/mol. The second kappa shape index (κ2) is 6.29. The Morgan fingerprint density at radius 2 is 2.05 bits per heavy atom. The van der Waals surface area contributed by atoms with E-state index in [0.29, 0.717) is 18.0 Å². The van der Waals surface area contributed by atoms with Crippen LogP contribution in [0.25, 0.3) is 11.5 Å². The third kappa shape index (κ3) is 3.75. The van der Waals surface area contributed by atoms with Crippen molar-refractivity contribution < 1.29 is 17.9 Å². The Labute approximate surface area is 109 Å². The molecule has 0 saturated heterocycles. The average molecular weight is 268 g/mol. The quantitative estimate of drug-likeness (QED) is 0.874. The molecule has 0 unspecified atom stereocenters. The van der Waals surface area contributed by atoms with Gasteiger partial charge in [-0.25, -0.2) is 4.98 Å². The van der Waals surface area contributed by atoms with E-state index in [1.54, 1.807) is 18.4 Å². The maximum atomic E-state index is 12.0. The highest BCUT2D eigenvalue weighted by atomic mass is 19.3. The van der Waals surface area contributed by atoms with Crippen LogP contribution < -0.4 is 10.1 Å². The molecular formula is C13H14F2N2O2. The minimum atomic E-state index is -2.82. The maximum absolute atomic E-state index is 12.0. The fourth-order valence-corrected chi connectivity index (χ4v) is 1.55. The van der Waals surface area contributed by atoms with E-state index in [4.69, 9.17) is 4.42 Å². The number of oxazole rings is 1. The van der Waals surface area contributed by atoms with Gasteiger partial charge in [0.05, 0.1) is 5.69 Å². The lowest BCUT2D eigenvalue weighted by Crippen LogP contribution is -2.11. The smallest absolute Gasteiger partial charge is 0.387 e. The van der Waals surface area contributed by atoms with Crippen molar-refractivity contribution in [2.24, 2.45) is 0 Å². The van der Waals surface area contributed by atoms with Crippen LogP contribution in [0.5, 0.6) is 5.75 Å². The van der Waals surface area contributed by atoms with Gasteiger partial charge in [-0.05, 0) is 30.8 Å². The number of alkyl halides is 2. The summed E-state index contributed by atoms with van der Waals surface area (Å²) in [6.07, 6.45) is 1.57. The van der Waals surface area contributed by atoms with E-state index in [9.17, 15) is 8.78 Å². The molecule has 102 valence electrons. The summed E-state index contributed by atoms with van der Waals surface area (Å²) in [4.78, 5) is 4.29. The van der Waals surface area contributed by atoms with Gasteiger partial charge in [-0.1, -0.05) is 6.92 Å². The van der Waals surface area contributed by atoms with Crippen LogP contribution in [-0.4, -0.2) is 18.1 Å². The standard InChI is InChI=1S/C13H14F2N2O2/c1-2-16-7-10-8-18-12(17-10)9-3-5-11(6-4-9)19-13(14)15/h3-6,8,13,16H,2,7H2,1H3. The highest BCUT2D eigenvalue weighted by Gasteiger charge is 2.08. The van der Waals surface area contributed by atoms with Crippen molar-refractivity contribution in [1.29, 1.82) is 0 Å². The summed E-state index contributed by atoms with van der Waals surface area (Å²) < 4.78 is 33.6. The molecule has 1 N–H and O–H groups in total. The van der Waals surface area contributed by atoms with E-state index in [1.165, 1.54) is 12.1 Å². The monoisotopic (exact) mass is 268 g/mol. The fourth-order valence-electron chi connectivity index (χ4n) is 1.55. The van der Waals surface area contributed by atoms with Crippen molar-refractivity contribution in [3.8, 4) is 17.2 Å². The Morgan fingerprint density at radius 3 is 2.68 bits per heavy atom. The zero-order chi connectivity index (χ0) is 13.7. The van der Waals surface area contributed by atoms with Gasteiger partial charge in [0.2, 0.25) is 5.89 Å². The Kier molecular flexibility index (Phi) is 4.46. The van der Waals surface area contributed by atoms with Crippen LogP contribution in [-0.2, 0) is 6.54 Å². The van der Waals surface area contributed by atoms with E-state index in [0.717, 1.165) is 12.2 Å². The van der Waals surface area contributed by atoms with Crippen LogP contribution in [0.15, 0.2) is 34.9 Å². The summed E-state index contributed by atoms with van der Waals surface area (Å²) >= 11 is 0. The molecule has 0 saturated carbocycles. The number of ether oxygens (including phenoxy) is 1. The molecule has 4 nitrogen and oxygen atoms in total. The van der Waals surface area contributed by atoms with Crippen molar-refractivity contribution in [2.45, 2.75) is 20.1 Å². The van der Waals surface area contributed by atoms with Crippen LogP contribution in [0.4, 0.5) is 8.78 Å². The minimum Gasteiger partial charge on any atom is -0.444 e. The molecule has 2 aromatic rings. The van der Waals surface area contributed by atoms with Gasteiger partial charge in [0.1, 0.15) is 12.0 Å². The van der Waals surface area contributed by atoms with E-state index in [1.807, 2.05) is 6.92 Å². The first-order chi connectivity index (χ1) is 9.19. The van der Waals surface area contributed by atoms with Gasteiger partial charge < -0.3 is 14.5 Å². The zero-order valence-electron chi connectivity index (χ0n) is 10.4. The van der Waals surface area contributed by atoms with Gasteiger partial charge in [-0.2, -0.15) is 8.78 Å². The largest absolute Gasteiger partial charge is 0.444 e. The van der Waals surface area contributed by atoms with Gasteiger partial charge in [-0.15, -0.1) is 0 Å². The van der Waals surface area contributed by atoms with Gasteiger partial charge in [0.25, 0.3) is 0 Å². The molecule has 0 aliphatic heterocycles. The van der Waals surface area contributed by atoms with E-state index in [-0.39, 0.29) is 5.75 Å². The number of benzene rings is 1. The second-order valence-electron chi connectivity index (χ2n) is 3.83. The van der Waals surface area contributed by atoms with Gasteiger partial charge >= 0.3 is 6.61 Å². The van der Waals surface area contributed by atoms with Gasteiger partial charge in [0.15, 0.2) is 0 Å². The molecule has 0 fully saturated rings. The van der Waals surface area contributed by atoms with Crippen LogP contribution in [0, 0.1) is 0 Å². The second-order valence-corrected chi connectivity index (χ2v) is 3.83. The molecule has 0 aliphatic rings. The van der Waals surface area contributed by atoms with Gasteiger partial charge in [-0.3, -0.25) is 0 Å². The van der Waals surface area contributed by atoms with Crippen LogP contribution in [0.2, 0.25) is 0 Å². The Morgan fingerprint density at radius 1 is 1.32 bits per heavy atom. The molecule has 1 heterocycles. The number of hydrogen-bond donors (Lipinski definition) is 1. The van der Waals surface area contributed by atoms with Crippen molar-refractivity contribution in [3.05, 3.63) is 36.2 Å². The summed E-state index contributed by atoms with van der Waals surface area (Å²) in [6, 6.07) is 6.16. The topological polar surface area (TPSA) is 47.3 Å². The lowest BCUT2D eigenvalue weighted by atomic mass is 10.2. The molecule has 1 aromatic carbocycles. The molecule has 0 spiro atoms. The minimum absolute atomic E-state index is 0.109. The SMILES string of the molecule is CCNCc1coc(-c2ccc(OC(F)F)cc2)n1. The molecule has 2 rings (SSSR count). The summed E-state index contributed by atoms with van der Waals surface area (Å²) in [5.74, 6) is 0.565. The molecular weight excluding hydrogens is 254 g/mol. The average Bonchev–Trinajstić information content (AvgIpc) is 2.85. The molecule has 6 heteroatoms. The van der Waals surface area contributed by atoms with Crippen LogP contribution in [0.3, 0.4) is 0 Å². The molecule has 0 amide bonds. The summed E-state index contributed by atoms with van der Waals surface area (Å²) in [5.41, 5.74) is 1.51. The zero-order valence-corrected chi connectivity index (χ0v) is 10.4. The number of halogens is 2. The van der Waals surface area contributed by atoms with Crippen molar-refractivity contribution in [1.82, 2.24) is 10.3 Å². The Hall–Kier alpha value is -1.95. The van der Waals surface area contributed by atoms with Crippen molar-refractivity contribution in [2.75, 3.05) is 6.54 Å². The maximum Gasteiger partial charge on any atom is 0.387 e. The molecule has 1 aromatic heterocycles. The molecule has 19 heavy (non-hydrogen) atoms. The highest BCUT2D eigenvalue weighted by molar-refractivity contribution is 5.54. The number of rotatable bonds is 6. The normalized spacial score (nSPS) is 10.9. The third-order valence-corrected chi connectivity index (χ3v) is 2.43. The van der Waals surface area contributed by atoms with E-state index < -0.39 is 6.61 Å². The number of aromatic nitrogens is 1. The van der Waals surface area contributed by atoms with E-state index >= 15 is 0 Å². The van der Waals surface area contributed by atoms with Crippen molar-refractivity contribution in [3.63, 3.8) is 0 Å². The van der Waals surface area contributed by atoms with E-state index in [2.05, 4.69) is 15.0 Å². The summed E-state index contributed by atoms with van der Waals surface area (Å²) in [5, 5.41) is 3.13. The van der Waals surface area contributed by atoms with Crippen LogP contribution in [0.1, 0.15) is 12.6 Å². The summed E-state index contributed by atoms with van der Waals surface area (Å²) in [7, 11) is 0. The molecule has 0 bridgehead atoms. The fraction of sp³-hybridized carbons (Fsp3) is 0.308. The highest BCUT2D eigenvalue weighted by Crippen LogP contribution is 2.22. The third-order valence-electron chi connectivity index (χ3n) is 2.43. The molecule has 0 aliphatic carbocycles. The first-order valence-electron chi connectivity index (χ1n) is 5.89. The first kappa shape index (κ1) is 13.5.